The zero-order chi connectivity index (χ0) is 19.0. The molecule has 3 aliphatic heterocycles. The first-order valence-corrected chi connectivity index (χ1v) is 9.01. The van der Waals surface area contributed by atoms with Crippen LogP contribution in [0.5, 0.6) is 0 Å². The molecule has 0 spiro atoms. The molecule has 2 amide bonds. The number of hydrogen-bond acceptors (Lipinski definition) is 3. The molecule has 142 valence electrons. The summed E-state index contributed by atoms with van der Waals surface area (Å²) in [7, 11) is 0. The van der Waals surface area contributed by atoms with Gasteiger partial charge in [0.15, 0.2) is 5.69 Å². The van der Waals surface area contributed by atoms with Gasteiger partial charge in [-0.1, -0.05) is 18.2 Å². The van der Waals surface area contributed by atoms with Gasteiger partial charge in [-0.3, -0.25) is 9.59 Å². The Kier molecular flexibility index (Phi) is 4.63. The fraction of sp³-hybridized carbons (Fsp3) is 0.421. The van der Waals surface area contributed by atoms with E-state index in [9.17, 15) is 18.4 Å². The summed E-state index contributed by atoms with van der Waals surface area (Å²) in [6.45, 7) is -1.21. The number of alkyl halides is 2. The number of carbonyl (C=O) groups is 2. The molecule has 5 rings (SSSR count). The number of rotatable bonds is 3. The van der Waals surface area contributed by atoms with Crippen molar-refractivity contribution >= 4 is 11.8 Å². The molecular weight excluding hydrogens is 354 g/mol. The lowest BCUT2D eigenvalue weighted by molar-refractivity contribution is 0.0513. The van der Waals surface area contributed by atoms with Gasteiger partial charge in [-0.25, -0.2) is 4.68 Å². The Morgan fingerprint density at radius 2 is 1.78 bits per heavy atom. The molecule has 0 aliphatic carbocycles. The maximum atomic E-state index is 12.8. The van der Waals surface area contributed by atoms with Gasteiger partial charge in [-0.15, -0.1) is 0 Å². The minimum absolute atomic E-state index is 0.0174. The second kappa shape index (κ2) is 7.09. The second-order valence-electron chi connectivity index (χ2n) is 7.09. The van der Waals surface area contributed by atoms with E-state index in [0.29, 0.717) is 29.9 Å². The van der Waals surface area contributed by atoms with Crippen molar-refractivity contribution in [2.24, 2.45) is 5.92 Å². The van der Waals surface area contributed by atoms with E-state index in [4.69, 9.17) is 0 Å². The average molecular weight is 374 g/mol. The van der Waals surface area contributed by atoms with Crippen LogP contribution >= 0.6 is 0 Å². The molecule has 4 heterocycles. The maximum absolute atomic E-state index is 12.8. The van der Waals surface area contributed by atoms with Crippen LogP contribution in [0.3, 0.4) is 0 Å². The maximum Gasteiger partial charge on any atom is 0.333 e. The highest BCUT2D eigenvalue weighted by molar-refractivity contribution is 5.95. The quantitative estimate of drug-likeness (QED) is 0.830. The summed E-state index contributed by atoms with van der Waals surface area (Å²) < 4.78 is 25.9. The van der Waals surface area contributed by atoms with Crippen LogP contribution in [0, 0.1) is 5.92 Å². The van der Waals surface area contributed by atoms with E-state index < -0.39 is 6.55 Å². The summed E-state index contributed by atoms with van der Waals surface area (Å²) in [5, 5.41) is 3.70. The van der Waals surface area contributed by atoms with Gasteiger partial charge in [0, 0.05) is 37.4 Å². The van der Waals surface area contributed by atoms with Crippen LogP contribution in [0.2, 0.25) is 0 Å². The van der Waals surface area contributed by atoms with Crippen molar-refractivity contribution in [2.45, 2.75) is 25.4 Å². The SMILES string of the molecule is O=C(c1ccccc1)N1C[C@@H]2CC[C@H](C1)N(C(=O)c1ccn(C(F)F)n1)C2. The van der Waals surface area contributed by atoms with Gasteiger partial charge in [0.05, 0.1) is 0 Å². The summed E-state index contributed by atoms with van der Waals surface area (Å²) in [5.74, 6) is -0.209. The normalized spacial score (nSPS) is 22.2. The van der Waals surface area contributed by atoms with Gasteiger partial charge in [0.1, 0.15) is 0 Å². The Hall–Kier alpha value is -2.77. The Balaban J connectivity index is 1.52. The van der Waals surface area contributed by atoms with E-state index in [1.54, 1.807) is 17.0 Å². The number of fused-ring (bicyclic) bond motifs is 4. The summed E-state index contributed by atoms with van der Waals surface area (Å²) >= 11 is 0. The number of amides is 2. The fourth-order valence-electron chi connectivity index (χ4n) is 3.97. The van der Waals surface area contributed by atoms with Gasteiger partial charge in [0.2, 0.25) is 0 Å². The van der Waals surface area contributed by atoms with Crippen LogP contribution < -0.4 is 0 Å². The van der Waals surface area contributed by atoms with E-state index in [1.807, 2.05) is 23.1 Å². The first-order chi connectivity index (χ1) is 13.0. The predicted octanol–water partition coefficient (Wildman–Crippen LogP) is 2.66. The molecule has 0 N–H and O–H groups in total. The third-order valence-electron chi connectivity index (χ3n) is 5.31. The highest BCUT2D eigenvalue weighted by Crippen LogP contribution is 2.30. The van der Waals surface area contributed by atoms with Gasteiger partial charge < -0.3 is 9.80 Å². The molecule has 0 saturated carbocycles. The zero-order valence-corrected chi connectivity index (χ0v) is 14.7. The number of hydrogen-bond donors (Lipinski definition) is 0. The first-order valence-electron chi connectivity index (χ1n) is 9.01. The van der Waals surface area contributed by atoms with Crippen LogP contribution in [-0.2, 0) is 0 Å². The van der Waals surface area contributed by atoms with Gasteiger partial charge >= 0.3 is 6.55 Å². The highest BCUT2D eigenvalue weighted by Gasteiger charge is 2.39. The molecule has 3 saturated heterocycles. The Bertz CT molecular complexity index is 839. The van der Waals surface area contributed by atoms with Crippen molar-refractivity contribution in [3.8, 4) is 0 Å². The minimum atomic E-state index is -2.77. The summed E-state index contributed by atoms with van der Waals surface area (Å²) in [4.78, 5) is 29.2. The number of aromatic nitrogens is 2. The second-order valence-corrected chi connectivity index (χ2v) is 7.09. The van der Waals surface area contributed by atoms with Crippen molar-refractivity contribution in [3.05, 3.63) is 53.9 Å². The molecule has 0 unspecified atom stereocenters. The lowest BCUT2D eigenvalue weighted by Gasteiger charge is -2.35. The molecular formula is C19H20F2N4O2. The molecule has 2 bridgehead atoms. The van der Waals surface area contributed by atoms with E-state index in [2.05, 4.69) is 5.10 Å². The lowest BCUT2D eigenvalue weighted by atomic mass is 9.95. The fourth-order valence-corrected chi connectivity index (χ4v) is 3.97. The molecule has 8 heteroatoms. The van der Waals surface area contributed by atoms with Gasteiger partial charge in [0.25, 0.3) is 11.8 Å². The summed E-state index contributed by atoms with van der Waals surface area (Å²) in [6, 6.07) is 10.3. The van der Waals surface area contributed by atoms with E-state index in [0.717, 1.165) is 19.0 Å². The van der Waals surface area contributed by atoms with Crippen LogP contribution in [-0.4, -0.2) is 57.1 Å². The smallest absolute Gasteiger partial charge is 0.333 e. The first kappa shape index (κ1) is 17.6. The number of carbonyl (C=O) groups excluding carboxylic acids is 2. The third-order valence-corrected chi connectivity index (χ3v) is 5.31. The van der Waals surface area contributed by atoms with E-state index in [-0.39, 0.29) is 29.5 Å². The largest absolute Gasteiger partial charge is 0.336 e. The van der Waals surface area contributed by atoms with Gasteiger partial charge in [-0.05, 0) is 37.0 Å². The zero-order valence-electron chi connectivity index (χ0n) is 14.7. The minimum Gasteiger partial charge on any atom is -0.336 e. The van der Waals surface area contributed by atoms with Crippen molar-refractivity contribution in [1.82, 2.24) is 19.6 Å². The van der Waals surface area contributed by atoms with Crippen molar-refractivity contribution in [1.29, 1.82) is 0 Å². The van der Waals surface area contributed by atoms with Gasteiger partial charge in [-0.2, -0.15) is 13.9 Å². The molecule has 3 fully saturated rings. The number of piperidine rings is 1. The number of nitrogens with zero attached hydrogens (tertiary/aromatic N) is 4. The predicted molar refractivity (Wildman–Crippen MR) is 93.4 cm³/mol. The average Bonchev–Trinajstić information content (AvgIpc) is 3.01. The Labute approximate surface area is 155 Å². The van der Waals surface area contributed by atoms with Crippen LogP contribution in [0.15, 0.2) is 42.6 Å². The molecule has 1 aromatic heterocycles. The van der Waals surface area contributed by atoms with E-state index >= 15 is 0 Å². The molecule has 1 aromatic carbocycles. The standard InChI is InChI=1S/C19H20F2N4O2/c20-19(21)25-9-8-16(22-25)18(27)24-11-13-6-7-15(24)12-23(10-13)17(26)14-4-2-1-3-5-14/h1-5,8-9,13,15,19H,6-7,10-12H2/t13-,15+/m0/s1. The number of benzene rings is 1. The molecule has 6 nitrogen and oxygen atoms in total. The lowest BCUT2D eigenvalue weighted by Crippen LogP contribution is -2.47. The molecule has 0 radical (unpaired) electrons. The summed E-state index contributed by atoms with van der Waals surface area (Å²) in [6.07, 6.45) is 2.85. The highest BCUT2D eigenvalue weighted by atomic mass is 19.3. The Morgan fingerprint density at radius 1 is 1.00 bits per heavy atom. The third kappa shape index (κ3) is 3.43. The van der Waals surface area contributed by atoms with Crippen LogP contribution in [0.1, 0.15) is 40.2 Å². The van der Waals surface area contributed by atoms with Crippen molar-refractivity contribution < 1.29 is 18.4 Å². The number of halogens is 2. The molecule has 3 aliphatic rings. The van der Waals surface area contributed by atoms with Crippen LogP contribution in [0.4, 0.5) is 8.78 Å². The topological polar surface area (TPSA) is 58.4 Å². The van der Waals surface area contributed by atoms with Crippen LogP contribution in [0.25, 0.3) is 0 Å². The summed E-state index contributed by atoms with van der Waals surface area (Å²) in [5.41, 5.74) is 0.649. The van der Waals surface area contributed by atoms with Crippen molar-refractivity contribution in [3.63, 3.8) is 0 Å². The van der Waals surface area contributed by atoms with Crippen molar-refractivity contribution in [2.75, 3.05) is 19.6 Å². The molecule has 27 heavy (non-hydrogen) atoms. The Morgan fingerprint density at radius 3 is 2.48 bits per heavy atom. The molecule has 2 atom stereocenters. The molecule has 2 aromatic rings. The van der Waals surface area contributed by atoms with E-state index in [1.165, 1.54) is 6.07 Å². The monoisotopic (exact) mass is 374 g/mol.